The molecule has 0 fully saturated rings. The van der Waals surface area contributed by atoms with Crippen molar-refractivity contribution in [3.8, 4) is 5.75 Å². The van der Waals surface area contributed by atoms with E-state index < -0.39 is 0 Å². The Hall–Kier alpha value is -1.55. The first-order valence-electron chi connectivity index (χ1n) is 7.63. The minimum Gasteiger partial charge on any atom is -0.484 e. The van der Waals surface area contributed by atoms with Crippen molar-refractivity contribution < 1.29 is 9.53 Å². The molecule has 21 heavy (non-hydrogen) atoms. The molecule has 2 N–H and O–H groups in total. The summed E-state index contributed by atoms with van der Waals surface area (Å²) in [6.45, 7) is 11.3. The third-order valence-electron chi connectivity index (χ3n) is 3.40. The van der Waals surface area contributed by atoms with Crippen molar-refractivity contribution in [1.82, 2.24) is 10.6 Å². The molecule has 1 aromatic carbocycles. The van der Waals surface area contributed by atoms with Crippen molar-refractivity contribution in [2.75, 3.05) is 6.61 Å². The second-order valence-corrected chi connectivity index (χ2v) is 6.07. The number of carbonyl (C=O) groups is 1. The highest BCUT2D eigenvalue weighted by Gasteiger charge is 2.11. The number of ether oxygens (including phenoxy) is 1. The molecule has 1 aromatic rings. The lowest BCUT2D eigenvalue weighted by Gasteiger charge is -2.17. The van der Waals surface area contributed by atoms with E-state index in [1.165, 1.54) is 5.56 Å². The fourth-order valence-electron chi connectivity index (χ4n) is 1.64. The molecule has 0 aliphatic carbocycles. The van der Waals surface area contributed by atoms with Crippen molar-refractivity contribution in [1.29, 1.82) is 0 Å². The van der Waals surface area contributed by atoms with Crippen molar-refractivity contribution >= 4 is 5.91 Å². The van der Waals surface area contributed by atoms with Gasteiger partial charge in [0.1, 0.15) is 5.75 Å². The molecule has 4 nitrogen and oxygen atoms in total. The van der Waals surface area contributed by atoms with Crippen LogP contribution in [0.5, 0.6) is 5.75 Å². The molecular formula is C17H28N2O2. The van der Waals surface area contributed by atoms with Gasteiger partial charge in [-0.15, -0.1) is 0 Å². The Labute approximate surface area is 128 Å². The molecule has 118 valence electrons. The molecule has 0 bridgehead atoms. The molecule has 0 saturated carbocycles. The minimum absolute atomic E-state index is 0.0562. The van der Waals surface area contributed by atoms with Gasteiger partial charge in [-0.3, -0.25) is 4.79 Å². The Morgan fingerprint density at radius 3 is 2.24 bits per heavy atom. The van der Waals surface area contributed by atoms with Gasteiger partial charge in [0, 0.05) is 18.6 Å². The van der Waals surface area contributed by atoms with E-state index in [2.05, 4.69) is 38.3 Å². The summed E-state index contributed by atoms with van der Waals surface area (Å²) in [5.74, 6) is 1.05. The lowest BCUT2D eigenvalue weighted by Crippen LogP contribution is -2.38. The van der Waals surface area contributed by atoms with E-state index in [9.17, 15) is 4.79 Å². The molecule has 1 amide bonds. The van der Waals surface area contributed by atoms with Crippen LogP contribution in [-0.2, 0) is 11.3 Å². The van der Waals surface area contributed by atoms with Gasteiger partial charge in [0.25, 0.3) is 5.91 Å². The van der Waals surface area contributed by atoms with Crippen LogP contribution < -0.4 is 15.4 Å². The van der Waals surface area contributed by atoms with Crippen LogP contribution in [0, 0.1) is 5.92 Å². The summed E-state index contributed by atoms with van der Waals surface area (Å²) in [6, 6.07) is 8.45. The molecule has 0 aromatic heterocycles. The van der Waals surface area contributed by atoms with Crippen LogP contribution in [-0.4, -0.2) is 24.6 Å². The average Bonchev–Trinajstić information content (AvgIpc) is 2.43. The molecule has 1 unspecified atom stereocenters. The Morgan fingerprint density at radius 1 is 1.10 bits per heavy atom. The average molecular weight is 292 g/mol. The number of rotatable bonds is 8. The van der Waals surface area contributed by atoms with E-state index in [1.807, 2.05) is 31.2 Å². The highest BCUT2D eigenvalue weighted by Crippen LogP contribution is 2.12. The Morgan fingerprint density at radius 2 is 1.71 bits per heavy atom. The van der Waals surface area contributed by atoms with Gasteiger partial charge in [0.05, 0.1) is 0 Å². The summed E-state index contributed by atoms with van der Waals surface area (Å²) in [4.78, 5) is 11.7. The summed E-state index contributed by atoms with van der Waals surface area (Å²) >= 11 is 0. The quantitative estimate of drug-likeness (QED) is 0.774. The van der Waals surface area contributed by atoms with E-state index in [0.29, 0.717) is 12.0 Å². The van der Waals surface area contributed by atoms with Crippen molar-refractivity contribution in [3.63, 3.8) is 0 Å². The topological polar surface area (TPSA) is 50.4 Å². The van der Waals surface area contributed by atoms with Crippen LogP contribution in [0.3, 0.4) is 0 Å². The fraction of sp³-hybridized carbons (Fsp3) is 0.588. The molecule has 1 rings (SSSR count). The van der Waals surface area contributed by atoms with Gasteiger partial charge in [-0.05, 0) is 30.5 Å². The third-order valence-corrected chi connectivity index (χ3v) is 3.40. The Bertz CT molecular complexity index is 427. The number of hydrogen-bond donors (Lipinski definition) is 2. The second-order valence-electron chi connectivity index (χ2n) is 6.07. The van der Waals surface area contributed by atoms with E-state index in [-0.39, 0.29) is 18.6 Å². The van der Waals surface area contributed by atoms with Gasteiger partial charge in [-0.25, -0.2) is 0 Å². The van der Waals surface area contributed by atoms with E-state index in [4.69, 9.17) is 4.74 Å². The van der Waals surface area contributed by atoms with E-state index in [1.54, 1.807) is 0 Å². The van der Waals surface area contributed by atoms with Crippen molar-refractivity contribution in [2.24, 2.45) is 5.92 Å². The first kappa shape index (κ1) is 17.5. The van der Waals surface area contributed by atoms with Crippen LogP contribution in [0.15, 0.2) is 24.3 Å². The van der Waals surface area contributed by atoms with Gasteiger partial charge in [-0.1, -0.05) is 39.8 Å². The zero-order valence-corrected chi connectivity index (χ0v) is 13.8. The first-order chi connectivity index (χ1) is 9.88. The van der Waals surface area contributed by atoms with Gasteiger partial charge in [0.2, 0.25) is 0 Å². The molecule has 4 heteroatoms. The molecule has 0 spiro atoms. The number of amides is 1. The molecule has 0 aliphatic heterocycles. The SMILES string of the molecule is CC(C)NCc1ccc(OCC(=O)NC(C)C(C)C)cc1. The van der Waals surface area contributed by atoms with E-state index in [0.717, 1.165) is 12.3 Å². The summed E-state index contributed by atoms with van der Waals surface area (Å²) < 4.78 is 5.50. The largest absolute Gasteiger partial charge is 0.484 e. The number of benzene rings is 1. The predicted octanol–water partition coefficient (Wildman–Crippen LogP) is 2.72. The van der Waals surface area contributed by atoms with E-state index >= 15 is 0 Å². The zero-order chi connectivity index (χ0) is 15.8. The summed E-state index contributed by atoms with van der Waals surface area (Å²) in [5.41, 5.74) is 1.20. The normalized spacial score (nSPS) is 12.5. The molecule has 0 radical (unpaired) electrons. The van der Waals surface area contributed by atoms with Crippen LogP contribution in [0.2, 0.25) is 0 Å². The van der Waals surface area contributed by atoms with Gasteiger partial charge in [-0.2, -0.15) is 0 Å². The monoisotopic (exact) mass is 292 g/mol. The maximum atomic E-state index is 11.7. The highest BCUT2D eigenvalue weighted by atomic mass is 16.5. The van der Waals surface area contributed by atoms with Crippen LogP contribution >= 0.6 is 0 Å². The standard InChI is InChI=1S/C17H28N2O2/c1-12(2)14(5)19-17(20)11-21-16-8-6-15(7-9-16)10-18-13(3)4/h6-9,12-14,18H,10-11H2,1-5H3,(H,19,20). The fourth-order valence-corrected chi connectivity index (χ4v) is 1.64. The summed E-state index contributed by atoms with van der Waals surface area (Å²) in [7, 11) is 0. The van der Waals surface area contributed by atoms with Crippen molar-refractivity contribution in [2.45, 2.75) is 53.2 Å². The van der Waals surface area contributed by atoms with Crippen LogP contribution in [0.25, 0.3) is 0 Å². The molecule has 1 atom stereocenters. The lowest BCUT2D eigenvalue weighted by atomic mass is 10.1. The molecule has 0 saturated heterocycles. The lowest BCUT2D eigenvalue weighted by molar-refractivity contribution is -0.124. The van der Waals surface area contributed by atoms with Gasteiger partial charge >= 0.3 is 0 Å². The molecule has 0 aliphatic rings. The van der Waals surface area contributed by atoms with Crippen molar-refractivity contribution in [3.05, 3.63) is 29.8 Å². The first-order valence-corrected chi connectivity index (χ1v) is 7.63. The summed E-state index contributed by atoms with van der Waals surface area (Å²) in [6.07, 6.45) is 0. The number of carbonyl (C=O) groups excluding carboxylic acids is 1. The van der Waals surface area contributed by atoms with Gasteiger partial charge in [0.15, 0.2) is 6.61 Å². The second kappa shape index (κ2) is 8.67. The predicted molar refractivity (Wildman–Crippen MR) is 86.4 cm³/mol. The zero-order valence-electron chi connectivity index (χ0n) is 13.8. The molecule has 0 heterocycles. The summed E-state index contributed by atoms with van der Waals surface area (Å²) in [5, 5.41) is 6.28. The van der Waals surface area contributed by atoms with Crippen LogP contribution in [0.4, 0.5) is 0 Å². The molecular weight excluding hydrogens is 264 g/mol. The maximum Gasteiger partial charge on any atom is 0.258 e. The number of nitrogens with one attached hydrogen (secondary N) is 2. The highest BCUT2D eigenvalue weighted by molar-refractivity contribution is 5.77. The minimum atomic E-state index is -0.0817. The maximum absolute atomic E-state index is 11.7. The van der Waals surface area contributed by atoms with Gasteiger partial charge < -0.3 is 15.4 Å². The Balaban J connectivity index is 2.37. The Kier molecular flexibility index (Phi) is 7.23. The van der Waals surface area contributed by atoms with Crippen LogP contribution in [0.1, 0.15) is 40.2 Å². The smallest absolute Gasteiger partial charge is 0.258 e. The number of hydrogen-bond acceptors (Lipinski definition) is 3. The third kappa shape index (κ3) is 7.14.